The van der Waals surface area contributed by atoms with Crippen LogP contribution in [0.25, 0.3) is 0 Å². The van der Waals surface area contributed by atoms with Crippen LogP contribution in [0, 0.1) is 23.5 Å². The van der Waals surface area contributed by atoms with Gasteiger partial charge >= 0.3 is 0 Å². The van der Waals surface area contributed by atoms with Gasteiger partial charge in [0.25, 0.3) is 11.9 Å². The molecule has 0 aliphatic carbocycles. The molecule has 19 heavy (non-hydrogen) atoms. The molecule has 0 fully saturated rings. The van der Waals surface area contributed by atoms with Gasteiger partial charge in [0.2, 0.25) is 11.6 Å². The maximum Gasteiger partial charge on any atom is 0.253 e. The maximum atomic E-state index is 13.3. The highest BCUT2D eigenvalue weighted by atomic mass is 32.1. The average molecular weight is 291 g/mol. The monoisotopic (exact) mass is 291 g/mol. The van der Waals surface area contributed by atoms with E-state index in [2.05, 4.69) is 15.3 Å². The first-order valence-corrected chi connectivity index (χ1v) is 6.22. The van der Waals surface area contributed by atoms with Gasteiger partial charge in [-0.1, -0.05) is 6.92 Å². The average Bonchev–Trinajstić information content (AvgIpc) is 2.90. The van der Waals surface area contributed by atoms with E-state index in [0.29, 0.717) is 0 Å². The highest BCUT2D eigenvalue weighted by Gasteiger charge is 2.21. The predicted molar refractivity (Wildman–Crippen MR) is 63.1 cm³/mol. The van der Waals surface area contributed by atoms with Crippen LogP contribution in [-0.2, 0) is 0 Å². The quantitative estimate of drug-likeness (QED) is 0.693. The first kappa shape index (κ1) is 13.7. The van der Waals surface area contributed by atoms with Crippen molar-refractivity contribution in [1.82, 2.24) is 9.97 Å². The van der Waals surface area contributed by atoms with Crippen LogP contribution < -0.4 is 5.32 Å². The standard InChI is InChI=1S/C11H9F4N3S/c1-5(11-16-2-3-19-11)4-17-8-6(12)9(14)18-10(15)7(8)13/h2-3,5H,4H2,1H3,(H,17,18). The van der Waals surface area contributed by atoms with Crippen LogP contribution in [0.3, 0.4) is 0 Å². The zero-order valence-corrected chi connectivity index (χ0v) is 10.6. The van der Waals surface area contributed by atoms with E-state index in [1.807, 2.05) is 0 Å². The zero-order chi connectivity index (χ0) is 14.0. The van der Waals surface area contributed by atoms with Crippen LogP contribution >= 0.6 is 11.3 Å². The molecular formula is C11H9F4N3S. The lowest BCUT2D eigenvalue weighted by molar-refractivity contribution is 0.410. The van der Waals surface area contributed by atoms with E-state index >= 15 is 0 Å². The molecule has 1 atom stereocenters. The van der Waals surface area contributed by atoms with Gasteiger partial charge in [0.05, 0.1) is 5.01 Å². The second-order valence-corrected chi connectivity index (χ2v) is 4.77. The van der Waals surface area contributed by atoms with Crippen molar-refractivity contribution in [2.24, 2.45) is 0 Å². The van der Waals surface area contributed by atoms with Gasteiger partial charge in [0, 0.05) is 24.0 Å². The molecule has 8 heteroatoms. The van der Waals surface area contributed by atoms with E-state index in [4.69, 9.17) is 0 Å². The fraction of sp³-hybridized carbons (Fsp3) is 0.273. The minimum Gasteiger partial charge on any atom is -0.379 e. The Morgan fingerprint density at radius 2 is 1.84 bits per heavy atom. The van der Waals surface area contributed by atoms with Crippen LogP contribution in [0.1, 0.15) is 17.8 Å². The molecule has 0 aliphatic heterocycles. The Morgan fingerprint density at radius 3 is 2.37 bits per heavy atom. The molecule has 2 heterocycles. The summed E-state index contributed by atoms with van der Waals surface area (Å²) in [6.07, 6.45) is 1.60. The minimum absolute atomic E-state index is 0.0875. The number of nitrogens with zero attached hydrogens (tertiary/aromatic N) is 2. The largest absolute Gasteiger partial charge is 0.379 e. The molecule has 1 N–H and O–H groups in total. The first-order valence-electron chi connectivity index (χ1n) is 5.34. The van der Waals surface area contributed by atoms with Crippen LogP contribution in [-0.4, -0.2) is 16.5 Å². The van der Waals surface area contributed by atoms with E-state index in [0.717, 1.165) is 5.01 Å². The zero-order valence-electron chi connectivity index (χ0n) is 9.75. The molecule has 0 aliphatic rings. The second kappa shape index (κ2) is 5.52. The number of nitrogens with one attached hydrogen (secondary N) is 1. The fourth-order valence-electron chi connectivity index (χ4n) is 1.46. The number of thiazole rings is 1. The number of rotatable bonds is 4. The molecule has 0 saturated carbocycles. The summed E-state index contributed by atoms with van der Waals surface area (Å²) in [7, 11) is 0. The Hall–Kier alpha value is -1.70. The van der Waals surface area contributed by atoms with Gasteiger partial charge in [0.1, 0.15) is 5.69 Å². The van der Waals surface area contributed by atoms with Crippen LogP contribution in [0.2, 0.25) is 0 Å². The Balaban J connectivity index is 2.16. The van der Waals surface area contributed by atoms with Gasteiger partial charge in [-0.25, -0.2) is 4.98 Å². The molecular weight excluding hydrogens is 282 g/mol. The van der Waals surface area contributed by atoms with Crippen molar-refractivity contribution >= 4 is 17.0 Å². The summed E-state index contributed by atoms with van der Waals surface area (Å²) in [6, 6.07) is 0. The highest BCUT2D eigenvalue weighted by molar-refractivity contribution is 7.09. The minimum atomic E-state index is -1.68. The molecule has 2 rings (SSSR count). The molecule has 0 aromatic carbocycles. The summed E-state index contributed by atoms with van der Waals surface area (Å²) in [5.74, 6) is -6.58. The Bertz CT molecular complexity index is 548. The first-order chi connectivity index (χ1) is 9.00. The van der Waals surface area contributed by atoms with Crippen molar-refractivity contribution in [2.75, 3.05) is 11.9 Å². The van der Waals surface area contributed by atoms with Gasteiger partial charge in [-0.2, -0.15) is 22.5 Å². The van der Waals surface area contributed by atoms with E-state index in [9.17, 15) is 17.6 Å². The van der Waals surface area contributed by atoms with E-state index in [-0.39, 0.29) is 12.5 Å². The lowest BCUT2D eigenvalue weighted by Crippen LogP contribution is -2.14. The molecule has 1 unspecified atom stereocenters. The highest BCUT2D eigenvalue weighted by Crippen LogP contribution is 2.24. The van der Waals surface area contributed by atoms with Crippen molar-refractivity contribution in [2.45, 2.75) is 12.8 Å². The second-order valence-electron chi connectivity index (χ2n) is 3.85. The molecule has 0 spiro atoms. The van der Waals surface area contributed by atoms with Gasteiger partial charge in [0.15, 0.2) is 0 Å². The van der Waals surface area contributed by atoms with Gasteiger partial charge in [-0.3, -0.25) is 0 Å². The molecule has 102 valence electrons. The summed E-state index contributed by atoms with van der Waals surface area (Å²) in [6.45, 7) is 1.86. The molecule has 2 aromatic heterocycles. The van der Waals surface area contributed by atoms with Gasteiger partial charge < -0.3 is 5.32 Å². The Kier molecular flexibility index (Phi) is 3.98. The summed E-state index contributed by atoms with van der Waals surface area (Å²) in [4.78, 5) is 6.52. The van der Waals surface area contributed by atoms with Crippen molar-refractivity contribution in [3.05, 3.63) is 40.1 Å². The lowest BCUT2D eigenvalue weighted by Gasteiger charge is -2.12. The van der Waals surface area contributed by atoms with Crippen LogP contribution in [0.15, 0.2) is 11.6 Å². The van der Waals surface area contributed by atoms with Crippen molar-refractivity contribution in [1.29, 1.82) is 0 Å². The van der Waals surface area contributed by atoms with Crippen LogP contribution in [0.4, 0.5) is 23.2 Å². The van der Waals surface area contributed by atoms with Crippen LogP contribution in [0.5, 0.6) is 0 Å². The summed E-state index contributed by atoms with van der Waals surface area (Å²) < 4.78 is 52.4. The molecule has 0 amide bonds. The van der Waals surface area contributed by atoms with Gasteiger partial charge in [-0.05, 0) is 0 Å². The summed E-state index contributed by atoms with van der Waals surface area (Å²) in [5, 5.41) is 4.86. The third-order valence-electron chi connectivity index (χ3n) is 2.46. The molecule has 0 radical (unpaired) electrons. The fourth-order valence-corrected chi connectivity index (χ4v) is 2.16. The third kappa shape index (κ3) is 2.83. The SMILES string of the molecule is CC(CNc1c(F)c(F)nc(F)c1F)c1nccs1. The van der Waals surface area contributed by atoms with Crippen molar-refractivity contribution in [3.8, 4) is 0 Å². The summed E-state index contributed by atoms with van der Waals surface area (Å²) in [5.41, 5.74) is -0.853. The van der Waals surface area contributed by atoms with E-state index < -0.39 is 29.2 Å². The number of pyridine rings is 1. The predicted octanol–water partition coefficient (Wildman–Crippen LogP) is 3.31. The Morgan fingerprint density at radius 1 is 1.21 bits per heavy atom. The van der Waals surface area contributed by atoms with Crippen molar-refractivity contribution < 1.29 is 17.6 Å². The van der Waals surface area contributed by atoms with Crippen molar-refractivity contribution in [3.63, 3.8) is 0 Å². The Labute approximate surface area is 110 Å². The lowest BCUT2D eigenvalue weighted by atomic mass is 10.2. The smallest absolute Gasteiger partial charge is 0.253 e. The molecule has 3 nitrogen and oxygen atoms in total. The molecule has 2 aromatic rings. The normalized spacial score (nSPS) is 12.5. The number of halogens is 4. The molecule has 0 saturated heterocycles. The van der Waals surface area contributed by atoms with E-state index in [1.165, 1.54) is 11.3 Å². The topological polar surface area (TPSA) is 37.8 Å². The number of hydrogen-bond donors (Lipinski definition) is 1. The summed E-state index contributed by atoms with van der Waals surface area (Å²) >= 11 is 1.38. The number of anilines is 1. The maximum absolute atomic E-state index is 13.3. The van der Waals surface area contributed by atoms with E-state index in [1.54, 1.807) is 18.5 Å². The third-order valence-corrected chi connectivity index (χ3v) is 3.46. The molecule has 0 bridgehead atoms. The van der Waals surface area contributed by atoms with Gasteiger partial charge in [-0.15, -0.1) is 11.3 Å². The number of hydrogen-bond acceptors (Lipinski definition) is 4. The number of aromatic nitrogens is 2.